The molecule has 2 atom stereocenters. The molecule has 1 aliphatic rings. The lowest BCUT2D eigenvalue weighted by Gasteiger charge is -2.26. The number of nitrogens with two attached hydrogens (primary N) is 1. The minimum atomic E-state index is -0.728. The SMILES string of the molecule is Nc1nnc([C@H]2CCCC[C@H]2C(=O)O)s1. The number of carboxylic acids is 1. The van der Waals surface area contributed by atoms with Crippen LogP contribution in [0.5, 0.6) is 0 Å². The van der Waals surface area contributed by atoms with Gasteiger partial charge >= 0.3 is 5.97 Å². The second kappa shape index (κ2) is 4.14. The summed E-state index contributed by atoms with van der Waals surface area (Å²) in [6, 6.07) is 0. The van der Waals surface area contributed by atoms with E-state index in [-0.39, 0.29) is 11.8 Å². The van der Waals surface area contributed by atoms with Gasteiger partial charge in [0, 0.05) is 5.92 Å². The number of aromatic nitrogens is 2. The molecule has 0 bridgehead atoms. The molecule has 1 aromatic heterocycles. The third kappa shape index (κ3) is 2.09. The Kier molecular flexibility index (Phi) is 2.86. The predicted molar refractivity (Wildman–Crippen MR) is 56.7 cm³/mol. The number of hydrogen-bond donors (Lipinski definition) is 2. The van der Waals surface area contributed by atoms with Gasteiger partial charge in [0.15, 0.2) is 0 Å². The van der Waals surface area contributed by atoms with Gasteiger partial charge in [-0.05, 0) is 12.8 Å². The molecule has 82 valence electrons. The van der Waals surface area contributed by atoms with E-state index in [0.29, 0.717) is 5.13 Å². The molecule has 1 aromatic rings. The number of carbonyl (C=O) groups is 1. The van der Waals surface area contributed by atoms with Crippen LogP contribution in [0.2, 0.25) is 0 Å². The van der Waals surface area contributed by atoms with Crippen LogP contribution < -0.4 is 5.73 Å². The lowest BCUT2D eigenvalue weighted by Crippen LogP contribution is -2.25. The summed E-state index contributed by atoms with van der Waals surface area (Å²) < 4.78 is 0. The molecular weight excluding hydrogens is 214 g/mol. The monoisotopic (exact) mass is 227 g/mol. The highest BCUT2D eigenvalue weighted by molar-refractivity contribution is 7.15. The number of anilines is 1. The fourth-order valence-corrected chi connectivity index (χ4v) is 2.93. The topological polar surface area (TPSA) is 89.1 Å². The Morgan fingerprint density at radius 3 is 2.73 bits per heavy atom. The van der Waals surface area contributed by atoms with E-state index in [4.69, 9.17) is 10.8 Å². The summed E-state index contributed by atoms with van der Waals surface area (Å²) in [5, 5.41) is 18.0. The van der Waals surface area contributed by atoms with E-state index in [1.807, 2.05) is 0 Å². The van der Waals surface area contributed by atoms with Crippen molar-refractivity contribution in [1.29, 1.82) is 0 Å². The van der Waals surface area contributed by atoms with Gasteiger partial charge in [0.05, 0.1) is 5.92 Å². The summed E-state index contributed by atoms with van der Waals surface area (Å²) in [6.07, 6.45) is 3.67. The maximum Gasteiger partial charge on any atom is 0.307 e. The predicted octanol–water partition coefficient (Wildman–Crippen LogP) is 1.48. The van der Waals surface area contributed by atoms with Gasteiger partial charge in [-0.25, -0.2) is 0 Å². The molecule has 0 aliphatic heterocycles. The van der Waals surface area contributed by atoms with Crippen molar-refractivity contribution in [3.05, 3.63) is 5.01 Å². The van der Waals surface area contributed by atoms with Crippen LogP contribution in [0, 0.1) is 5.92 Å². The van der Waals surface area contributed by atoms with Crippen LogP contribution in [0.1, 0.15) is 36.6 Å². The van der Waals surface area contributed by atoms with Gasteiger partial charge in [-0.3, -0.25) is 4.79 Å². The molecule has 5 nitrogen and oxygen atoms in total. The minimum Gasteiger partial charge on any atom is -0.481 e. The molecule has 1 saturated carbocycles. The smallest absolute Gasteiger partial charge is 0.307 e. The summed E-state index contributed by atoms with van der Waals surface area (Å²) in [5.74, 6) is -1.04. The van der Waals surface area contributed by atoms with Crippen LogP contribution in [0.15, 0.2) is 0 Å². The normalized spacial score (nSPS) is 26.4. The summed E-state index contributed by atoms with van der Waals surface area (Å²) in [4.78, 5) is 11.1. The Morgan fingerprint density at radius 1 is 1.40 bits per heavy atom. The van der Waals surface area contributed by atoms with Crippen molar-refractivity contribution in [3.8, 4) is 0 Å². The van der Waals surface area contributed by atoms with Crippen molar-refractivity contribution in [3.63, 3.8) is 0 Å². The average Bonchev–Trinajstić information content (AvgIpc) is 2.65. The van der Waals surface area contributed by atoms with Crippen LogP contribution in [-0.2, 0) is 4.79 Å². The first-order valence-corrected chi connectivity index (χ1v) is 5.82. The van der Waals surface area contributed by atoms with E-state index in [2.05, 4.69) is 10.2 Å². The van der Waals surface area contributed by atoms with Crippen molar-refractivity contribution in [2.24, 2.45) is 5.92 Å². The molecule has 0 saturated heterocycles. The zero-order valence-corrected chi connectivity index (χ0v) is 9.04. The highest BCUT2D eigenvalue weighted by Crippen LogP contribution is 2.39. The van der Waals surface area contributed by atoms with Gasteiger partial charge in [-0.2, -0.15) is 0 Å². The van der Waals surface area contributed by atoms with E-state index in [1.54, 1.807) is 0 Å². The number of rotatable bonds is 2. The maximum atomic E-state index is 11.1. The zero-order valence-electron chi connectivity index (χ0n) is 8.22. The van der Waals surface area contributed by atoms with Gasteiger partial charge < -0.3 is 10.8 Å². The Hall–Kier alpha value is -1.17. The standard InChI is InChI=1S/C9H13N3O2S/c10-9-12-11-7(15-9)5-3-1-2-4-6(5)8(13)14/h5-6H,1-4H2,(H2,10,12)(H,13,14)/t5-,6+/m0/s1. The lowest BCUT2D eigenvalue weighted by molar-refractivity contribution is -0.143. The molecule has 0 aromatic carbocycles. The van der Waals surface area contributed by atoms with Crippen LogP contribution in [0.25, 0.3) is 0 Å². The zero-order chi connectivity index (χ0) is 10.8. The second-order valence-corrected chi connectivity index (χ2v) is 4.85. The van der Waals surface area contributed by atoms with E-state index in [0.717, 1.165) is 30.7 Å². The summed E-state index contributed by atoms with van der Waals surface area (Å²) in [5.41, 5.74) is 5.50. The van der Waals surface area contributed by atoms with E-state index >= 15 is 0 Å². The van der Waals surface area contributed by atoms with Gasteiger partial charge in [0.1, 0.15) is 5.01 Å². The average molecular weight is 227 g/mol. The highest BCUT2D eigenvalue weighted by Gasteiger charge is 2.34. The molecule has 0 radical (unpaired) electrons. The number of hydrogen-bond acceptors (Lipinski definition) is 5. The van der Waals surface area contributed by atoms with Crippen molar-refractivity contribution in [2.75, 3.05) is 5.73 Å². The largest absolute Gasteiger partial charge is 0.481 e. The Labute approximate surface area is 91.3 Å². The number of aliphatic carboxylic acids is 1. The Bertz CT molecular complexity index is 366. The molecule has 0 spiro atoms. The van der Waals surface area contributed by atoms with Gasteiger partial charge in [-0.1, -0.05) is 24.2 Å². The molecule has 1 fully saturated rings. The van der Waals surface area contributed by atoms with Crippen LogP contribution in [-0.4, -0.2) is 21.3 Å². The molecular formula is C9H13N3O2S. The van der Waals surface area contributed by atoms with Crippen LogP contribution in [0.4, 0.5) is 5.13 Å². The number of nitrogen functional groups attached to an aromatic ring is 1. The summed E-state index contributed by atoms with van der Waals surface area (Å²) in [7, 11) is 0. The Balaban J connectivity index is 2.21. The minimum absolute atomic E-state index is 0.00560. The maximum absolute atomic E-state index is 11.1. The molecule has 0 unspecified atom stereocenters. The fourth-order valence-electron chi connectivity index (χ4n) is 2.12. The molecule has 0 amide bonds. The van der Waals surface area contributed by atoms with Crippen molar-refractivity contribution < 1.29 is 9.90 Å². The number of carboxylic acid groups (broad SMARTS) is 1. The third-order valence-electron chi connectivity index (χ3n) is 2.86. The third-order valence-corrected chi connectivity index (χ3v) is 3.74. The molecule has 1 heterocycles. The van der Waals surface area contributed by atoms with Crippen LogP contribution >= 0.6 is 11.3 Å². The van der Waals surface area contributed by atoms with E-state index in [9.17, 15) is 4.79 Å². The first-order chi connectivity index (χ1) is 7.18. The van der Waals surface area contributed by atoms with Gasteiger partial charge in [-0.15, -0.1) is 10.2 Å². The molecule has 6 heteroatoms. The molecule has 2 rings (SSSR count). The first-order valence-electron chi connectivity index (χ1n) is 5.00. The quantitative estimate of drug-likeness (QED) is 0.798. The van der Waals surface area contributed by atoms with Crippen LogP contribution in [0.3, 0.4) is 0 Å². The molecule has 15 heavy (non-hydrogen) atoms. The lowest BCUT2D eigenvalue weighted by atomic mass is 9.80. The molecule has 3 N–H and O–H groups in total. The first kappa shape index (κ1) is 10.4. The highest BCUT2D eigenvalue weighted by atomic mass is 32.1. The fraction of sp³-hybridized carbons (Fsp3) is 0.667. The Morgan fingerprint density at radius 2 is 2.13 bits per heavy atom. The molecule has 1 aliphatic carbocycles. The number of nitrogens with zero attached hydrogens (tertiary/aromatic N) is 2. The van der Waals surface area contributed by atoms with Crippen molar-refractivity contribution in [1.82, 2.24) is 10.2 Å². The van der Waals surface area contributed by atoms with E-state index in [1.165, 1.54) is 11.3 Å². The summed E-state index contributed by atoms with van der Waals surface area (Å²) >= 11 is 1.31. The van der Waals surface area contributed by atoms with Gasteiger partial charge in [0.2, 0.25) is 5.13 Å². The second-order valence-electron chi connectivity index (χ2n) is 3.81. The van der Waals surface area contributed by atoms with Crippen molar-refractivity contribution >= 4 is 22.4 Å². The van der Waals surface area contributed by atoms with E-state index < -0.39 is 5.97 Å². The van der Waals surface area contributed by atoms with Crippen molar-refractivity contribution in [2.45, 2.75) is 31.6 Å². The van der Waals surface area contributed by atoms with Gasteiger partial charge in [0.25, 0.3) is 0 Å². The summed E-state index contributed by atoms with van der Waals surface area (Å²) in [6.45, 7) is 0.